The minimum Gasteiger partial charge on any atom is -0.368 e. The molecule has 134 valence electrons. The molecular weight excluding hydrogens is 331 g/mol. The SMILES string of the molecule is N#Cc1cc(F)cc(N2CCN(c3ccnc(N4CCCC4)n3)CC2)c1. The average Bonchev–Trinajstić information content (AvgIpc) is 3.22. The fourth-order valence-electron chi connectivity index (χ4n) is 3.60. The van der Waals surface area contributed by atoms with E-state index < -0.39 is 0 Å². The highest BCUT2D eigenvalue weighted by Crippen LogP contribution is 2.23. The first-order valence-corrected chi connectivity index (χ1v) is 9.01. The molecular formula is C19H21FN6. The van der Waals surface area contributed by atoms with Crippen molar-refractivity contribution in [3.63, 3.8) is 0 Å². The minimum absolute atomic E-state index is 0.355. The van der Waals surface area contributed by atoms with Gasteiger partial charge >= 0.3 is 0 Å². The Kier molecular flexibility index (Phi) is 4.57. The van der Waals surface area contributed by atoms with E-state index in [2.05, 4.69) is 19.7 Å². The van der Waals surface area contributed by atoms with Gasteiger partial charge in [-0.25, -0.2) is 9.37 Å². The molecule has 2 aliphatic rings. The van der Waals surface area contributed by atoms with Gasteiger partial charge in [0.2, 0.25) is 5.95 Å². The summed E-state index contributed by atoms with van der Waals surface area (Å²) in [5.41, 5.74) is 1.12. The van der Waals surface area contributed by atoms with Gasteiger partial charge < -0.3 is 14.7 Å². The van der Waals surface area contributed by atoms with E-state index in [4.69, 9.17) is 10.2 Å². The summed E-state index contributed by atoms with van der Waals surface area (Å²) in [5, 5.41) is 9.03. The standard InChI is InChI=1S/C19H21FN6/c20-16-11-15(14-21)12-17(13-16)24-7-9-25(10-8-24)18-3-4-22-19(23-18)26-5-1-2-6-26/h3-4,11-13H,1-2,5-10H2. The number of halogens is 1. The molecule has 0 spiro atoms. The lowest BCUT2D eigenvalue weighted by atomic mass is 10.1. The molecule has 2 saturated heterocycles. The second-order valence-electron chi connectivity index (χ2n) is 6.69. The summed E-state index contributed by atoms with van der Waals surface area (Å²) in [7, 11) is 0. The summed E-state index contributed by atoms with van der Waals surface area (Å²) in [6, 6.07) is 8.47. The van der Waals surface area contributed by atoms with Gasteiger partial charge in [0, 0.05) is 51.2 Å². The number of hydrogen-bond donors (Lipinski definition) is 0. The first-order valence-electron chi connectivity index (χ1n) is 9.01. The first kappa shape index (κ1) is 16.6. The van der Waals surface area contributed by atoms with Crippen LogP contribution in [0.3, 0.4) is 0 Å². The predicted molar refractivity (Wildman–Crippen MR) is 99.0 cm³/mol. The lowest BCUT2D eigenvalue weighted by molar-refractivity contribution is 0.618. The second kappa shape index (κ2) is 7.16. The fourth-order valence-corrected chi connectivity index (χ4v) is 3.60. The second-order valence-corrected chi connectivity index (χ2v) is 6.69. The number of rotatable bonds is 3. The van der Waals surface area contributed by atoms with Crippen LogP contribution in [0.2, 0.25) is 0 Å². The molecule has 26 heavy (non-hydrogen) atoms. The van der Waals surface area contributed by atoms with Gasteiger partial charge in [-0.2, -0.15) is 10.2 Å². The highest BCUT2D eigenvalue weighted by molar-refractivity contribution is 5.54. The summed E-state index contributed by atoms with van der Waals surface area (Å²) >= 11 is 0. The summed E-state index contributed by atoms with van der Waals surface area (Å²) in [6.07, 6.45) is 4.23. The van der Waals surface area contributed by atoms with Gasteiger partial charge in [0.25, 0.3) is 0 Å². The number of hydrogen-bond acceptors (Lipinski definition) is 6. The van der Waals surface area contributed by atoms with Crippen LogP contribution in [0.4, 0.5) is 21.8 Å². The van der Waals surface area contributed by atoms with E-state index in [-0.39, 0.29) is 5.82 Å². The lowest BCUT2D eigenvalue weighted by Crippen LogP contribution is -2.47. The Morgan fingerprint density at radius 3 is 2.38 bits per heavy atom. The smallest absolute Gasteiger partial charge is 0.227 e. The summed E-state index contributed by atoms with van der Waals surface area (Å²) in [4.78, 5) is 15.7. The highest BCUT2D eigenvalue weighted by atomic mass is 19.1. The minimum atomic E-state index is -0.368. The Morgan fingerprint density at radius 2 is 1.65 bits per heavy atom. The van der Waals surface area contributed by atoms with Crippen LogP contribution in [-0.2, 0) is 0 Å². The Balaban J connectivity index is 1.45. The molecule has 6 nitrogen and oxygen atoms in total. The van der Waals surface area contributed by atoms with Crippen LogP contribution in [-0.4, -0.2) is 49.2 Å². The largest absolute Gasteiger partial charge is 0.368 e. The number of aromatic nitrogens is 2. The number of nitriles is 1. The van der Waals surface area contributed by atoms with Crippen LogP contribution < -0.4 is 14.7 Å². The maximum atomic E-state index is 13.7. The van der Waals surface area contributed by atoms with Crippen LogP contribution in [0.5, 0.6) is 0 Å². The third kappa shape index (κ3) is 3.40. The van der Waals surface area contributed by atoms with Crippen molar-refractivity contribution in [2.75, 3.05) is 54.0 Å². The first-order chi connectivity index (χ1) is 12.7. The Morgan fingerprint density at radius 1 is 0.923 bits per heavy atom. The molecule has 3 heterocycles. The van der Waals surface area contributed by atoms with Crippen molar-refractivity contribution in [1.29, 1.82) is 5.26 Å². The topological polar surface area (TPSA) is 59.3 Å². The number of anilines is 3. The Labute approximate surface area is 152 Å². The van der Waals surface area contributed by atoms with Crippen molar-refractivity contribution < 1.29 is 4.39 Å². The van der Waals surface area contributed by atoms with Crippen LogP contribution in [0.25, 0.3) is 0 Å². The van der Waals surface area contributed by atoms with E-state index in [0.717, 1.165) is 56.7 Å². The third-order valence-corrected chi connectivity index (χ3v) is 5.00. The van der Waals surface area contributed by atoms with Gasteiger partial charge in [-0.3, -0.25) is 0 Å². The molecule has 2 aliphatic heterocycles. The van der Waals surface area contributed by atoms with E-state index in [1.165, 1.54) is 25.0 Å². The Hall–Kier alpha value is -2.88. The van der Waals surface area contributed by atoms with Crippen molar-refractivity contribution in [3.8, 4) is 6.07 Å². The maximum Gasteiger partial charge on any atom is 0.227 e. The van der Waals surface area contributed by atoms with E-state index in [1.807, 2.05) is 18.3 Å². The molecule has 0 bridgehead atoms. The van der Waals surface area contributed by atoms with Gasteiger partial charge in [-0.05, 0) is 37.1 Å². The molecule has 7 heteroatoms. The number of nitrogens with zero attached hydrogens (tertiary/aromatic N) is 6. The molecule has 2 fully saturated rings. The normalized spacial score (nSPS) is 17.5. The number of piperazine rings is 1. The van der Waals surface area contributed by atoms with Gasteiger partial charge in [0.1, 0.15) is 11.6 Å². The highest BCUT2D eigenvalue weighted by Gasteiger charge is 2.21. The van der Waals surface area contributed by atoms with Crippen LogP contribution in [0.1, 0.15) is 18.4 Å². The van der Waals surface area contributed by atoms with Crippen LogP contribution in [0.15, 0.2) is 30.5 Å². The maximum absolute atomic E-state index is 13.7. The third-order valence-electron chi connectivity index (χ3n) is 5.00. The summed E-state index contributed by atoms with van der Waals surface area (Å²) < 4.78 is 13.7. The van der Waals surface area contributed by atoms with E-state index in [0.29, 0.717) is 5.56 Å². The van der Waals surface area contributed by atoms with E-state index in [1.54, 1.807) is 6.07 Å². The lowest BCUT2D eigenvalue weighted by Gasteiger charge is -2.37. The van der Waals surface area contributed by atoms with Crippen molar-refractivity contribution >= 4 is 17.5 Å². The predicted octanol–water partition coefficient (Wildman–Crippen LogP) is 2.41. The van der Waals surface area contributed by atoms with Crippen molar-refractivity contribution in [1.82, 2.24) is 9.97 Å². The van der Waals surface area contributed by atoms with Crippen LogP contribution in [0, 0.1) is 17.1 Å². The molecule has 0 unspecified atom stereocenters. The zero-order chi connectivity index (χ0) is 17.9. The van der Waals surface area contributed by atoms with E-state index >= 15 is 0 Å². The molecule has 0 amide bonds. The molecule has 0 saturated carbocycles. The van der Waals surface area contributed by atoms with Gasteiger partial charge in [-0.15, -0.1) is 0 Å². The van der Waals surface area contributed by atoms with Crippen LogP contribution >= 0.6 is 0 Å². The van der Waals surface area contributed by atoms with Gasteiger partial charge in [-0.1, -0.05) is 0 Å². The molecule has 1 aromatic heterocycles. The summed E-state index contributed by atoms with van der Waals surface area (Å²) in [6.45, 7) is 5.18. The quantitative estimate of drug-likeness (QED) is 0.845. The zero-order valence-corrected chi connectivity index (χ0v) is 14.6. The molecule has 0 aliphatic carbocycles. The molecule has 0 radical (unpaired) electrons. The monoisotopic (exact) mass is 352 g/mol. The Bertz CT molecular complexity index is 819. The summed E-state index contributed by atoms with van der Waals surface area (Å²) in [5.74, 6) is 1.39. The molecule has 0 N–H and O–H groups in total. The average molecular weight is 352 g/mol. The molecule has 1 aromatic carbocycles. The fraction of sp³-hybridized carbons (Fsp3) is 0.421. The van der Waals surface area contributed by atoms with Gasteiger partial charge in [0.05, 0.1) is 11.6 Å². The molecule has 2 aromatic rings. The number of benzene rings is 1. The molecule has 0 atom stereocenters. The van der Waals surface area contributed by atoms with E-state index in [9.17, 15) is 4.39 Å². The van der Waals surface area contributed by atoms with Crippen molar-refractivity contribution in [2.24, 2.45) is 0 Å². The van der Waals surface area contributed by atoms with Gasteiger partial charge in [0.15, 0.2) is 0 Å². The van der Waals surface area contributed by atoms with Crippen molar-refractivity contribution in [2.45, 2.75) is 12.8 Å². The molecule has 4 rings (SSSR count). The zero-order valence-electron chi connectivity index (χ0n) is 14.6. The van der Waals surface area contributed by atoms with Crippen molar-refractivity contribution in [3.05, 3.63) is 41.8 Å².